The first kappa shape index (κ1) is 35.1. The second-order valence-electron chi connectivity index (χ2n) is 16.2. The average Bonchev–Trinajstić information content (AvgIpc) is 3.85. The molecule has 1 atom stereocenters. The van der Waals surface area contributed by atoms with Gasteiger partial charge in [-0.25, -0.2) is 9.97 Å². The smallest absolute Gasteiger partial charge is 0.160 e. The first-order chi connectivity index (χ1) is 30.1. The van der Waals surface area contributed by atoms with Gasteiger partial charge in [0.1, 0.15) is 11.2 Å². The Labute approximate surface area is 354 Å². The van der Waals surface area contributed by atoms with Gasteiger partial charge in [-0.15, -0.1) is 0 Å². The third-order valence-corrected chi connectivity index (χ3v) is 12.8. The van der Waals surface area contributed by atoms with E-state index in [4.69, 9.17) is 14.4 Å². The van der Waals surface area contributed by atoms with Crippen LogP contribution in [0.3, 0.4) is 0 Å². The van der Waals surface area contributed by atoms with Crippen LogP contribution in [0.1, 0.15) is 23.6 Å². The van der Waals surface area contributed by atoms with Crippen LogP contribution in [0.2, 0.25) is 0 Å². The minimum atomic E-state index is -0.332. The van der Waals surface area contributed by atoms with E-state index in [0.717, 1.165) is 66.7 Å². The Morgan fingerprint density at radius 2 is 0.967 bits per heavy atom. The lowest BCUT2D eigenvalue weighted by molar-refractivity contribution is 0.669. The number of hydrogen-bond donors (Lipinski definition) is 0. The van der Waals surface area contributed by atoms with Crippen LogP contribution < -0.4 is 0 Å². The molecule has 0 fully saturated rings. The minimum absolute atomic E-state index is 0.332. The van der Waals surface area contributed by atoms with Crippen molar-refractivity contribution < 1.29 is 4.42 Å². The van der Waals surface area contributed by atoms with Crippen molar-refractivity contribution in [3.8, 4) is 67.3 Å². The molecule has 0 aliphatic heterocycles. The van der Waals surface area contributed by atoms with Crippen molar-refractivity contribution >= 4 is 32.7 Å². The number of furan rings is 1. The van der Waals surface area contributed by atoms with E-state index in [0.29, 0.717) is 5.82 Å². The largest absolute Gasteiger partial charge is 0.456 e. The van der Waals surface area contributed by atoms with Gasteiger partial charge in [-0.05, 0) is 104 Å². The zero-order valence-corrected chi connectivity index (χ0v) is 33.5. The Balaban J connectivity index is 1.13. The van der Waals surface area contributed by atoms with Crippen molar-refractivity contribution in [1.82, 2.24) is 9.97 Å². The van der Waals surface area contributed by atoms with Gasteiger partial charge in [0, 0.05) is 32.9 Å². The molecule has 0 spiro atoms. The molecule has 0 N–H and O–H groups in total. The molecule has 11 aromatic rings. The standard InChI is InChI=1S/C58H38N2O/c1-58(42-21-6-3-7-22-42)49-29-12-10-24-46(49)55-47(28-15-30-50(55)58)52-36-51(59-57(60-52)38-18-4-2-5-19-38)41-34-39(44-26-14-20-37-17-8-9-23-43(37)44)33-40(35-41)45-27-16-32-54-56(45)48-25-11-13-31-53(48)61-54/h2-36H,1H3. The summed E-state index contributed by atoms with van der Waals surface area (Å²) in [5, 5.41) is 4.61. The van der Waals surface area contributed by atoms with Crippen LogP contribution in [-0.2, 0) is 5.41 Å². The molecular formula is C58H38N2O. The van der Waals surface area contributed by atoms with E-state index in [-0.39, 0.29) is 5.41 Å². The highest BCUT2D eigenvalue weighted by Crippen LogP contribution is 2.55. The van der Waals surface area contributed by atoms with Crippen LogP contribution in [0.25, 0.3) is 100.0 Å². The molecule has 3 heteroatoms. The number of rotatable bonds is 6. The molecular weight excluding hydrogens is 741 g/mol. The van der Waals surface area contributed by atoms with Gasteiger partial charge in [-0.2, -0.15) is 0 Å². The SMILES string of the molecule is CC1(c2ccccc2)c2ccccc2-c2c(-c3cc(-c4cc(-c5cccc6ccccc56)cc(-c5cccc6oc7ccccc7c56)c4)nc(-c4ccccc4)n3)cccc21. The third kappa shape index (κ3) is 5.58. The second kappa shape index (κ2) is 13.9. The fourth-order valence-corrected chi connectivity index (χ4v) is 9.87. The zero-order chi connectivity index (χ0) is 40.5. The van der Waals surface area contributed by atoms with E-state index < -0.39 is 0 Å². The maximum Gasteiger partial charge on any atom is 0.160 e. The van der Waals surface area contributed by atoms with Gasteiger partial charge in [-0.1, -0.05) is 176 Å². The Kier molecular flexibility index (Phi) is 7.98. The van der Waals surface area contributed by atoms with E-state index in [1.54, 1.807) is 0 Å². The van der Waals surface area contributed by atoms with E-state index in [2.05, 4.69) is 201 Å². The molecule has 1 aliphatic rings. The van der Waals surface area contributed by atoms with Crippen molar-refractivity contribution in [3.63, 3.8) is 0 Å². The van der Waals surface area contributed by atoms with Crippen LogP contribution in [0.4, 0.5) is 0 Å². The quantitative estimate of drug-likeness (QED) is 0.169. The van der Waals surface area contributed by atoms with Crippen LogP contribution in [0, 0.1) is 0 Å². The fraction of sp³-hybridized carbons (Fsp3) is 0.0345. The predicted octanol–water partition coefficient (Wildman–Crippen LogP) is 15.2. The third-order valence-electron chi connectivity index (χ3n) is 12.8. The molecule has 2 heterocycles. The number of fused-ring (bicyclic) bond motifs is 7. The van der Waals surface area contributed by atoms with Gasteiger partial charge in [-0.3, -0.25) is 0 Å². The monoisotopic (exact) mass is 778 g/mol. The van der Waals surface area contributed by atoms with E-state index in [1.807, 2.05) is 18.2 Å². The first-order valence-electron chi connectivity index (χ1n) is 20.9. The number of aromatic nitrogens is 2. The van der Waals surface area contributed by atoms with Gasteiger partial charge in [0.25, 0.3) is 0 Å². The molecule has 3 nitrogen and oxygen atoms in total. The molecule has 286 valence electrons. The molecule has 61 heavy (non-hydrogen) atoms. The van der Waals surface area contributed by atoms with Gasteiger partial charge >= 0.3 is 0 Å². The fourth-order valence-electron chi connectivity index (χ4n) is 9.87. The highest BCUT2D eigenvalue weighted by atomic mass is 16.3. The number of nitrogens with zero attached hydrogens (tertiary/aromatic N) is 2. The summed E-state index contributed by atoms with van der Waals surface area (Å²) in [5.74, 6) is 0.683. The highest BCUT2D eigenvalue weighted by molar-refractivity contribution is 6.13. The molecule has 1 unspecified atom stereocenters. The van der Waals surface area contributed by atoms with Crippen LogP contribution >= 0.6 is 0 Å². The molecule has 9 aromatic carbocycles. The molecule has 1 aliphatic carbocycles. The van der Waals surface area contributed by atoms with Crippen molar-refractivity contribution in [3.05, 3.63) is 229 Å². The van der Waals surface area contributed by atoms with E-state index in [9.17, 15) is 0 Å². The molecule has 0 radical (unpaired) electrons. The van der Waals surface area contributed by atoms with E-state index >= 15 is 0 Å². The second-order valence-corrected chi connectivity index (χ2v) is 16.2. The van der Waals surface area contributed by atoms with Crippen LogP contribution in [0.5, 0.6) is 0 Å². The van der Waals surface area contributed by atoms with Crippen molar-refractivity contribution in [2.45, 2.75) is 12.3 Å². The number of benzene rings is 9. The Hall–Kier alpha value is -7.88. The van der Waals surface area contributed by atoms with Gasteiger partial charge in [0.2, 0.25) is 0 Å². The summed E-state index contributed by atoms with van der Waals surface area (Å²) in [7, 11) is 0. The maximum atomic E-state index is 6.42. The average molecular weight is 779 g/mol. The van der Waals surface area contributed by atoms with Crippen molar-refractivity contribution in [1.29, 1.82) is 0 Å². The summed E-state index contributed by atoms with van der Waals surface area (Å²) in [6, 6.07) is 75.9. The molecule has 0 saturated carbocycles. The lowest BCUT2D eigenvalue weighted by atomic mass is 9.74. The molecule has 0 bridgehead atoms. The maximum absolute atomic E-state index is 6.42. The first-order valence-corrected chi connectivity index (χ1v) is 20.9. The number of hydrogen-bond acceptors (Lipinski definition) is 3. The summed E-state index contributed by atoms with van der Waals surface area (Å²) in [6.45, 7) is 2.36. The molecule has 0 saturated heterocycles. The zero-order valence-electron chi connectivity index (χ0n) is 33.5. The summed E-state index contributed by atoms with van der Waals surface area (Å²) in [4.78, 5) is 10.8. The van der Waals surface area contributed by atoms with Crippen molar-refractivity contribution in [2.24, 2.45) is 0 Å². The minimum Gasteiger partial charge on any atom is -0.456 e. The van der Waals surface area contributed by atoms with Crippen LogP contribution in [0.15, 0.2) is 217 Å². The predicted molar refractivity (Wildman–Crippen MR) is 251 cm³/mol. The van der Waals surface area contributed by atoms with Crippen molar-refractivity contribution in [2.75, 3.05) is 0 Å². The van der Waals surface area contributed by atoms with Gasteiger partial charge in [0.05, 0.1) is 11.4 Å². The topological polar surface area (TPSA) is 38.9 Å². The summed E-state index contributed by atoms with van der Waals surface area (Å²) >= 11 is 0. The van der Waals surface area contributed by atoms with Crippen LogP contribution in [-0.4, -0.2) is 9.97 Å². The highest BCUT2D eigenvalue weighted by Gasteiger charge is 2.41. The van der Waals surface area contributed by atoms with Gasteiger partial charge in [0.15, 0.2) is 5.82 Å². The Morgan fingerprint density at radius 3 is 1.84 bits per heavy atom. The molecule has 12 rings (SSSR count). The number of para-hydroxylation sites is 1. The molecule has 2 aromatic heterocycles. The summed E-state index contributed by atoms with van der Waals surface area (Å²) in [5.41, 5.74) is 17.0. The Bertz CT molecular complexity index is 3490. The van der Waals surface area contributed by atoms with Gasteiger partial charge < -0.3 is 4.42 Å². The molecule has 0 amide bonds. The summed E-state index contributed by atoms with van der Waals surface area (Å²) in [6.07, 6.45) is 0. The lowest BCUT2D eigenvalue weighted by Gasteiger charge is -2.28. The Morgan fingerprint density at radius 1 is 0.393 bits per heavy atom. The lowest BCUT2D eigenvalue weighted by Crippen LogP contribution is -2.22. The normalized spacial score (nSPS) is 14.4. The van der Waals surface area contributed by atoms with E-state index in [1.165, 1.54) is 44.2 Å². The summed E-state index contributed by atoms with van der Waals surface area (Å²) < 4.78 is 6.42.